The van der Waals surface area contributed by atoms with Crippen molar-refractivity contribution in [3.8, 4) is 0 Å². The molecule has 2 rings (SSSR count). The van der Waals surface area contributed by atoms with Crippen molar-refractivity contribution in [1.29, 1.82) is 0 Å². The fourth-order valence-corrected chi connectivity index (χ4v) is 5.68. The fourth-order valence-electron chi connectivity index (χ4n) is 4.49. The van der Waals surface area contributed by atoms with Crippen LogP contribution in [0.3, 0.4) is 0 Å². The van der Waals surface area contributed by atoms with Crippen LogP contribution in [-0.4, -0.2) is 31.1 Å². The summed E-state index contributed by atoms with van der Waals surface area (Å²) >= 11 is 0. The lowest BCUT2D eigenvalue weighted by Crippen LogP contribution is -2.38. The molecule has 1 N–H and O–H groups in total. The molecule has 2 aliphatic rings. The predicted molar refractivity (Wildman–Crippen MR) is 87.0 cm³/mol. The first-order valence-corrected chi connectivity index (χ1v) is 10.7. The topological polar surface area (TPSA) is 54.4 Å². The van der Waals surface area contributed by atoms with E-state index in [-0.39, 0.29) is 17.3 Å². The van der Waals surface area contributed by atoms with Gasteiger partial charge in [-0.15, -0.1) is 0 Å². The molecule has 2 saturated carbocycles. The molecule has 3 nitrogen and oxygen atoms in total. The Morgan fingerprint density at radius 3 is 2.29 bits per heavy atom. The molecule has 0 aromatic rings. The molecular weight excluding hydrogens is 284 g/mol. The molecule has 3 unspecified atom stereocenters. The Hall–Kier alpha value is -0.0900. The van der Waals surface area contributed by atoms with Gasteiger partial charge in [0.2, 0.25) is 0 Å². The van der Waals surface area contributed by atoms with Crippen molar-refractivity contribution >= 4 is 9.84 Å². The summed E-state index contributed by atoms with van der Waals surface area (Å²) in [5, 5.41) is 10.5. The first kappa shape index (κ1) is 17.3. The van der Waals surface area contributed by atoms with Gasteiger partial charge in [-0.25, -0.2) is 8.42 Å². The van der Waals surface area contributed by atoms with E-state index in [9.17, 15) is 13.5 Å². The number of aliphatic hydroxyl groups excluding tert-OH is 1. The van der Waals surface area contributed by atoms with Crippen LogP contribution in [0.15, 0.2) is 0 Å². The zero-order valence-corrected chi connectivity index (χ0v) is 14.4. The van der Waals surface area contributed by atoms with Crippen LogP contribution < -0.4 is 0 Å². The Bertz CT molecular complexity index is 410. The van der Waals surface area contributed by atoms with Crippen LogP contribution in [-0.2, 0) is 9.84 Å². The fraction of sp³-hybridized carbons (Fsp3) is 1.00. The van der Waals surface area contributed by atoms with E-state index in [0.717, 1.165) is 38.0 Å². The minimum absolute atomic E-state index is 0.200. The van der Waals surface area contributed by atoms with Gasteiger partial charge in [0.1, 0.15) is 9.84 Å². The lowest BCUT2D eigenvalue weighted by atomic mass is 9.72. The predicted octanol–water partition coefficient (Wildman–Crippen LogP) is 3.56. The monoisotopic (exact) mass is 316 g/mol. The lowest BCUT2D eigenvalue weighted by Gasteiger charge is -2.38. The molecule has 0 radical (unpaired) electrons. The van der Waals surface area contributed by atoms with Gasteiger partial charge in [0.25, 0.3) is 0 Å². The van der Waals surface area contributed by atoms with E-state index in [1.807, 2.05) is 0 Å². The molecule has 0 aromatic heterocycles. The van der Waals surface area contributed by atoms with Gasteiger partial charge in [-0.05, 0) is 49.9 Å². The molecule has 2 aliphatic carbocycles. The smallest absolute Gasteiger partial charge is 0.150 e. The van der Waals surface area contributed by atoms with Gasteiger partial charge in [0.15, 0.2) is 0 Å². The quantitative estimate of drug-likeness (QED) is 0.844. The molecule has 124 valence electrons. The van der Waals surface area contributed by atoms with Crippen molar-refractivity contribution in [3.05, 3.63) is 0 Å². The molecule has 0 bridgehead atoms. The minimum Gasteiger partial charge on any atom is -0.393 e. The van der Waals surface area contributed by atoms with Gasteiger partial charge < -0.3 is 5.11 Å². The van der Waals surface area contributed by atoms with Gasteiger partial charge >= 0.3 is 0 Å². The maximum Gasteiger partial charge on any atom is 0.150 e. The van der Waals surface area contributed by atoms with Crippen LogP contribution in [0, 0.1) is 17.8 Å². The molecule has 21 heavy (non-hydrogen) atoms. The number of sulfone groups is 1. The molecule has 0 spiro atoms. The van der Waals surface area contributed by atoms with Crippen LogP contribution in [0.1, 0.15) is 71.1 Å². The Balaban J connectivity index is 1.87. The van der Waals surface area contributed by atoms with Crippen molar-refractivity contribution in [1.82, 2.24) is 0 Å². The second-order valence-electron chi connectivity index (χ2n) is 7.44. The van der Waals surface area contributed by atoms with E-state index in [1.54, 1.807) is 0 Å². The minimum atomic E-state index is -2.95. The Kier molecular flexibility index (Phi) is 6.13. The third-order valence-corrected chi connectivity index (χ3v) is 7.47. The lowest BCUT2D eigenvalue weighted by molar-refractivity contribution is 0.0123. The Labute approximate surface area is 130 Å². The number of aliphatic hydroxyl groups is 1. The Morgan fingerprint density at radius 2 is 1.71 bits per heavy atom. The number of hydrogen-bond acceptors (Lipinski definition) is 3. The third-order valence-electron chi connectivity index (χ3n) is 5.83. The second-order valence-corrected chi connectivity index (χ2v) is 9.76. The normalized spacial score (nSPS) is 36.3. The summed E-state index contributed by atoms with van der Waals surface area (Å²) in [6.07, 6.45) is 11.8. The summed E-state index contributed by atoms with van der Waals surface area (Å²) in [5.74, 6) is 1.46. The van der Waals surface area contributed by atoms with Crippen molar-refractivity contribution < 1.29 is 13.5 Å². The standard InChI is InChI=1S/C17H32O3S/c1-3-5-13-8-10-14(11-9-13)17(18)15-6-4-7-16(12-15)21(2,19)20/h13-18H,3-12H2,1-2H3. The van der Waals surface area contributed by atoms with Gasteiger partial charge in [-0.3, -0.25) is 0 Å². The highest BCUT2D eigenvalue weighted by atomic mass is 32.2. The van der Waals surface area contributed by atoms with Crippen LogP contribution in [0.5, 0.6) is 0 Å². The third kappa shape index (κ3) is 4.69. The highest BCUT2D eigenvalue weighted by Gasteiger charge is 2.36. The van der Waals surface area contributed by atoms with Crippen molar-refractivity contribution in [2.45, 2.75) is 82.5 Å². The molecule has 3 atom stereocenters. The first-order chi connectivity index (χ1) is 9.91. The summed E-state index contributed by atoms with van der Waals surface area (Å²) in [4.78, 5) is 0. The van der Waals surface area contributed by atoms with E-state index >= 15 is 0 Å². The molecule has 0 aromatic carbocycles. The Morgan fingerprint density at radius 1 is 1.05 bits per heavy atom. The highest BCUT2D eigenvalue weighted by Crippen LogP contribution is 2.39. The summed E-state index contributed by atoms with van der Waals surface area (Å²) < 4.78 is 23.5. The zero-order valence-electron chi connectivity index (χ0n) is 13.6. The van der Waals surface area contributed by atoms with Gasteiger partial charge in [0.05, 0.1) is 11.4 Å². The summed E-state index contributed by atoms with van der Waals surface area (Å²) in [7, 11) is -2.95. The van der Waals surface area contributed by atoms with E-state index in [1.165, 1.54) is 31.9 Å². The van der Waals surface area contributed by atoms with Crippen LogP contribution in [0.2, 0.25) is 0 Å². The van der Waals surface area contributed by atoms with E-state index in [2.05, 4.69) is 6.92 Å². The average Bonchev–Trinajstić information content (AvgIpc) is 2.47. The molecule has 4 heteroatoms. The molecule has 0 aliphatic heterocycles. The maximum absolute atomic E-state index is 11.8. The molecule has 0 heterocycles. The molecule has 0 amide bonds. The average molecular weight is 317 g/mol. The van der Waals surface area contributed by atoms with Gasteiger partial charge in [-0.2, -0.15) is 0 Å². The summed E-state index contributed by atoms with van der Waals surface area (Å²) in [6.45, 7) is 2.24. The van der Waals surface area contributed by atoms with Crippen molar-refractivity contribution in [3.63, 3.8) is 0 Å². The van der Waals surface area contributed by atoms with Crippen LogP contribution in [0.25, 0.3) is 0 Å². The van der Waals surface area contributed by atoms with Gasteiger partial charge in [-0.1, -0.05) is 39.0 Å². The van der Waals surface area contributed by atoms with Crippen LogP contribution in [0.4, 0.5) is 0 Å². The number of rotatable bonds is 5. The molecule has 0 saturated heterocycles. The van der Waals surface area contributed by atoms with Crippen LogP contribution >= 0.6 is 0 Å². The first-order valence-electron chi connectivity index (χ1n) is 8.78. The second kappa shape index (κ2) is 7.45. The van der Waals surface area contributed by atoms with E-state index in [4.69, 9.17) is 0 Å². The summed E-state index contributed by atoms with van der Waals surface area (Å²) in [6, 6.07) is 0. The van der Waals surface area contributed by atoms with E-state index < -0.39 is 9.84 Å². The van der Waals surface area contributed by atoms with Gasteiger partial charge in [0, 0.05) is 6.26 Å². The number of hydrogen-bond donors (Lipinski definition) is 1. The van der Waals surface area contributed by atoms with Crippen molar-refractivity contribution in [2.24, 2.45) is 17.8 Å². The van der Waals surface area contributed by atoms with E-state index in [0.29, 0.717) is 12.3 Å². The largest absolute Gasteiger partial charge is 0.393 e. The molecule has 2 fully saturated rings. The highest BCUT2D eigenvalue weighted by molar-refractivity contribution is 7.91. The summed E-state index contributed by atoms with van der Waals surface area (Å²) in [5.41, 5.74) is 0. The molecular formula is C17H32O3S. The maximum atomic E-state index is 11.8. The van der Waals surface area contributed by atoms with Crippen molar-refractivity contribution in [2.75, 3.05) is 6.26 Å². The SMILES string of the molecule is CCCC1CCC(C(O)C2CCCC(S(C)(=O)=O)C2)CC1. The zero-order chi connectivity index (χ0) is 15.5.